The van der Waals surface area contributed by atoms with E-state index >= 15 is 0 Å². The van der Waals surface area contributed by atoms with Gasteiger partial charge in [-0.15, -0.1) is 0 Å². The Morgan fingerprint density at radius 2 is 1.45 bits per heavy atom. The normalized spacial score (nSPS) is 10.8. The highest BCUT2D eigenvalue weighted by molar-refractivity contribution is 5.94. The van der Waals surface area contributed by atoms with Crippen molar-refractivity contribution in [1.29, 1.82) is 0 Å². The van der Waals surface area contributed by atoms with Crippen molar-refractivity contribution in [3.8, 4) is 0 Å². The van der Waals surface area contributed by atoms with E-state index in [0.29, 0.717) is 11.0 Å². The van der Waals surface area contributed by atoms with Crippen LogP contribution in [0.4, 0.5) is 11.4 Å². The van der Waals surface area contributed by atoms with E-state index < -0.39 is 21.2 Å². The van der Waals surface area contributed by atoms with Gasteiger partial charge in [-0.05, 0) is 18.2 Å². The molecule has 0 radical (unpaired) electrons. The number of nitro groups is 2. The molecule has 1 heterocycles. The molecule has 3 rings (SSSR count). The lowest BCUT2D eigenvalue weighted by atomic mass is 10.2. The van der Waals surface area contributed by atoms with Crippen molar-refractivity contribution in [2.24, 2.45) is 0 Å². The number of aromatic nitrogens is 2. The Morgan fingerprint density at radius 3 is 2.05 bits per heavy atom. The summed E-state index contributed by atoms with van der Waals surface area (Å²) >= 11 is 0. The molecule has 0 amide bonds. The molecule has 8 heteroatoms. The molecule has 20 heavy (non-hydrogen) atoms. The predicted octanol–water partition coefficient (Wildman–Crippen LogP) is 2.60. The summed E-state index contributed by atoms with van der Waals surface area (Å²) < 4.78 is 0. The van der Waals surface area contributed by atoms with Crippen LogP contribution in [0.1, 0.15) is 0 Å². The smallest absolute Gasteiger partial charge is 0.258 e. The van der Waals surface area contributed by atoms with E-state index in [1.165, 1.54) is 6.07 Å². The number of hydrogen-bond acceptors (Lipinski definition) is 6. The summed E-state index contributed by atoms with van der Waals surface area (Å²) in [5.41, 5.74) is -0.0338. The van der Waals surface area contributed by atoms with Crippen LogP contribution in [0.3, 0.4) is 0 Å². The van der Waals surface area contributed by atoms with E-state index in [0.717, 1.165) is 6.07 Å². The Kier molecular flexibility index (Phi) is 2.50. The van der Waals surface area contributed by atoms with Crippen LogP contribution in [-0.2, 0) is 0 Å². The minimum atomic E-state index is -0.802. The molecule has 0 saturated heterocycles. The first-order valence-corrected chi connectivity index (χ1v) is 5.56. The molecular weight excluding hydrogens is 264 g/mol. The predicted molar refractivity (Wildman–Crippen MR) is 70.4 cm³/mol. The van der Waals surface area contributed by atoms with Crippen LogP contribution >= 0.6 is 0 Å². The lowest BCUT2D eigenvalue weighted by molar-refractivity contribution is -0.421. The molecule has 0 aliphatic heterocycles. The van der Waals surface area contributed by atoms with Crippen LogP contribution in [0.25, 0.3) is 22.1 Å². The number of nitro benzene ring substituents is 2. The first-order chi connectivity index (χ1) is 9.58. The molecule has 0 aliphatic rings. The van der Waals surface area contributed by atoms with Gasteiger partial charge in [-0.2, -0.15) is 0 Å². The largest absolute Gasteiger partial charge is 0.373 e. The van der Waals surface area contributed by atoms with Gasteiger partial charge >= 0.3 is 11.4 Å². The summed E-state index contributed by atoms with van der Waals surface area (Å²) in [6.07, 6.45) is 0. The minimum absolute atomic E-state index is 0.0806. The number of hydrogen-bond donors (Lipinski definition) is 0. The summed E-state index contributed by atoms with van der Waals surface area (Å²) in [6.45, 7) is 0. The molecule has 0 atom stereocenters. The Bertz CT molecular complexity index is 878. The third-order valence-electron chi connectivity index (χ3n) is 2.84. The maximum Gasteiger partial charge on any atom is 0.373 e. The second-order valence-electron chi connectivity index (χ2n) is 4.03. The fraction of sp³-hybridized carbons (Fsp3) is 0. The third kappa shape index (κ3) is 1.70. The molecular formula is C12H6N4O4. The number of para-hydroxylation sites is 2. The van der Waals surface area contributed by atoms with Crippen molar-refractivity contribution in [3.05, 3.63) is 56.6 Å². The average Bonchev–Trinajstić information content (AvgIpc) is 2.43. The third-order valence-corrected chi connectivity index (χ3v) is 2.84. The van der Waals surface area contributed by atoms with E-state index in [1.54, 1.807) is 24.3 Å². The molecule has 8 nitrogen and oxygen atoms in total. The van der Waals surface area contributed by atoms with Gasteiger partial charge in [-0.1, -0.05) is 12.1 Å². The van der Waals surface area contributed by atoms with Gasteiger partial charge in [-0.3, -0.25) is 20.2 Å². The maximum atomic E-state index is 11.1. The molecule has 0 unspecified atom stereocenters. The van der Waals surface area contributed by atoms with Crippen molar-refractivity contribution >= 4 is 33.4 Å². The second-order valence-corrected chi connectivity index (χ2v) is 4.03. The lowest BCUT2D eigenvalue weighted by Gasteiger charge is -2.02. The van der Waals surface area contributed by atoms with Gasteiger partial charge < -0.3 is 0 Å². The van der Waals surface area contributed by atoms with Crippen molar-refractivity contribution in [1.82, 2.24) is 9.97 Å². The van der Waals surface area contributed by atoms with Crippen molar-refractivity contribution in [3.63, 3.8) is 0 Å². The van der Waals surface area contributed by atoms with Crippen LogP contribution in [0.15, 0.2) is 36.4 Å². The van der Waals surface area contributed by atoms with Gasteiger partial charge in [0.25, 0.3) is 0 Å². The summed E-state index contributed by atoms with van der Waals surface area (Å²) in [4.78, 5) is 28.8. The van der Waals surface area contributed by atoms with Gasteiger partial charge in [-0.25, -0.2) is 9.97 Å². The van der Waals surface area contributed by atoms with Gasteiger partial charge in [0.05, 0.1) is 26.4 Å². The van der Waals surface area contributed by atoms with Gasteiger partial charge in [0, 0.05) is 6.07 Å². The highest BCUT2D eigenvalue weighted by Gasteiger charge is 2.29. The summed E-state index contributed by atoms with van der Waals surface area (Å²) in [6, 6.07) is 9.28. The van der Waals surface area contributed by atoms with Crippen LogP contribution in [0.5, 0.6) is 0 Å². The number of benzene rings is 2. The molecule has 0 saturated carbocycles. The Morgan fingerprint density at radius 1 is 0.800 bits per heavy atom. The number of rotatable bonds is 2. The van der Waals surface area contributed by atoms with Crippen LogP contribution < -0.4 is 0 Å². The minimum Gasteiger partial charge on any atom is -0.258 e. The van der Waals surface area contributed by atoms with Crippen molar-refractivity contribution in [2.45, 2.75) is 0 Å². The molecule has 0 bridgehead atoms. The molecule has 3 aromatic rings. The zero-order valence-corrected chi connectivity index (χ0v) is 9.89. The Balaban J connectivity index is 2.49. The molecule has 98 valence electrons. The standard InChI is InChI=1S/C12H6N4O4/c17-15(18)10-6-5-9-11(12(10)16(19)20)14-8-4-2-1-3-7(8)13-9/h1-6H. The first kappa shape index (κ1) is 11.9. The summed E-state index contributed by atoms with van der Waals surface area (Å²) in [5, 5.41) is 22.0. The summed E-state index contributed by atoms with van der Waals surface area (Å²) in [5.74, 6) is 0. The number of fused-ring (bicyclic) bond motifs is 2. The zero-order valence-electron chi connectivity index (χ0n) is 9.89. The van der Waals surface area contributed by atoms with Crippen LogP contribution in [0, 0.1) is 20.2 Å². The molecule has 0 spiro atoms. The highest BCUT2D eigenvalue weighted by atomic mass is 16.6. The number of nitrogens with zero attached hydrogens (tertiary/aromatic N) is 4. The molecule has 0 fully saturated rings. The van der Waals surface area contributed by atoms with E-state index in [4.69, 9.17) is 0 Å². The fourth-order valence-electron chi connectivity index (χ4n) is 1.99. The van der Waals surface area contributed by atoms with Gasteiger partial charge in [0.1, 0.15) is 0 Å². The molecule has 1 aromatic heterocycles. The topological polar surface area (TPSA) is 112 Å². The molecule has 2 aromatic carbocycles. The Labute approximate surface area is 111 Å². The second kappa shape index (κ2) is 4.19. The SMILES string of the molecule is O=[N+]([O-])c1ccc2nc3ccccc3nc2c1[N+](=O)[O-]. The first-order valence-electron chi connectivity index (χ1n) is 5.56. The van der Waals surface area contributed by atoms with Crippen LogP contribution in [0.2, 0.25) is 0 Å². The monoisotopic (exact) mass is 270 g/mol. The Hall–Kier alpha value is -3.16. The zero-order chi connectivity index (χ0) is 14.3. The van der Waals surface area contributed by atoms with Crippen molar-refractivity contribution in [2.75, 3.05) is 0 Å². The summed E-state index contributed by atoms with van der Waals surface area (Å²) in [7, 11) is 0. The van der Waals surface area contributed by atoms with Crippen molar-refractivity contribution < 1.29 is 9.85 Å². The fourth-order valence-corrected chi connectivity index (χ4v) is 1.99. The van der Waals surface area contributed by atoms with E-state index in [2.05, 4.69) is 9.97 Å². The van der Waals surface area contributed by atoms with Gasteiger partial charge in [0.15, 0.2) is 5.52 Å². The van der Waals surface area contributed by atoms with E-state index in [1.807, 2.05) is 0 Å². The van der Waals surface area contributed by atoms with Crippen LogP contribution in [-0.4, -0.2) is 19.8 Å². The maximum absolute atomic E-state index is 11.1. The molecule has 0 N–H and O–H groups in total. The molecule has 0 aliphatic carbocycles. The highest BCUT2D eigenvalue weighted by Crippen LogP contribution is 2.33. The average molecular weight is 270 g/mol. The van der Waals surface area contributed by atoms with E-state index in [-0.39, 0.29) is 11.0 Å². The van der Waals surface area contributed by atoms with E-state index in [9.17, 15) is 20.2 Å². The lowest BCUT2D eigenvalue weighted by Crippen LogP contribution is -1.99. The van der Waals surface area contributed by atoms with Gasteiger partial charge in [0.2, 0.25) is 0 Å². The quantitative estimate of drug-likeness (QED) is 0.402.